The van der Waals surface area contributed by atoms with Crippen LogP contribution in [-0.2, 0) is 9.84 Å². The smallest absolute Gasteiger partial charge is 0.237 e. The zero-order valence-corrected chi connectivity index (χ0v) is 12.2. The van der Waals surface area contributed by atoms with E-state index in [2.05, 4.69) is 15.0 Å². The van der Waals surface area contributed by atoms with Crippen LogP contribution in [0.15, 0.2) is 41.9 Å². The van der Waals surface area contributed by atoms with E-state index in [1.807, 2.05) is 0 Å². The fourth-order valence-corrected chi connectivity index (χ4v) is 2.63. The second-order valence-corrected chi connectivity index (χ2v) is 6.49. The van der Waals surface area contributed by atoms with Gasteiger partial charge in [0.25, 0.3) is 0 Å². The predicted molar refractivity (Wildman–Crippen MR) is 75.9 cm³/mol. The van der Waals surface area contributed by atoms with Crippen molar-refractivity contribution in [2.24, 2.45) is 0 Å². The van der Waals surface area contributed by atoms with Crippen LogP contribution in [0, 0.1) is 0 Å². The van der Waals surface area contributed by atoms with Crippen molar-refractivity contribution in [3.63, 3.8) is 0 Å². The lowest BCUT2D eigenvalue weighted by Crippen LogP contribution is -1.98. The van der Waals surface area contributed by atoms with Gasteiger partial charge in [-0.15, -0.1) is 0 Å². The Kier molecular flexibility index (Phi) is 3.09. The van der Waals surface area contributed by atoms with Crippen molar-refractivity contribution in [3.8, 4) is 17.0 Å². The molecule has 3 aromatic rings. The van der Waals surface area contributed by atoms with Gasteiger partial charge < -0.3 is 4.74 Å². The number of sulfone groups is 1. The van der Waals surface area contributed by atoms with Crippen molar-refractivity contribution in [2.75, 3.05) is 13.4 Å². The number of hydrogen-bond donors (Lipinski definition) is 0. The lowest BCUT2D eigenvalue weighted by molar-refractivity contribution is 0.415. The van der Waals surface area contributed by atoms with Gasteiger partial charge >= 0.3 is 0 Å². The summed E-state index contributed by atoms with van der Waals surface area (Å²) in [7, 11) is -1.80. The Bertz CT molecular complexity index is 885. The van der Waals surface area contributed by atoms with Crippen LogP contribution in [0.4, 0.5) is 0 Å². The maximum Gasteiger partial charge on any atom is 0.237 e. The third-order valence-electron chi connectivity index (χ3n) is 3.02. The van der Waals surface area contributed by atoms with Crippen molar-refractivity contribution >= 4 is 15.6 Å². The van der Waals surface area contributed by atoms with Crippen molar-refractivity contribution in [3.05, 3.63) is 37.1 Å². The van der Waals surface area contributed by atoms with E-state index in [0.29, 0.717) is 22.8 Å². The third-order valence-corrected chi connectivity index (χ3v) is 4.13. The molecule has 1 aromatic carbocycles. The number of methoxy groups -OCH3 is 1. The van der Waals surface area contributed by atoms with Gasteiger partial charge in [-0.25, -0.2) is 23.4 Å². The molecule has 0 aliphatic carbocycles. The largest absolute Gasteiger partial charge is 0.496 e. The fourth-order valence-electron chi connectivity index (χ4n) is 1.99. The number of aromatic nitrogens is 4. The van der Waals surface area contributed by atoms with Crippen LogP contribution >= 0.6 is 0 Å². The van der Waals surface area contributed by atoms with E-state index in [-0.39, 0.29) is 4.90 Å². The summed E-state index contributed by atoms with van der Waals surface area (Å²) in [6.07, 6.45) is 5.92. The Balaban J connectivity index is 2.17. The normalized spacial score (nSPS) is 11.7. The standard InChI is InChI=1S/C13H12N4O3S/c1-20-12-5-9(21(2,18)19)3-4-10(12)11-6-17-8-14-7-15-13(17)16-11/h3-8H,1-2H3. The van der Waals surface area contributed by atoms with Gasteiger partial charge in [0.2, 0.25) is 5.78 Å². The summed E-state index contributed by atoms with van der Waals surface area (Å²) in [6, 6.07) is 4.69. The first-order valence-corrected chi connectivity index (χ1v) is 7.91. The van der Waals surface area contributed by atoms with Crippen molar-refractivity contribution < 1.29 is 13.2 Å². The highest BCUT2D eigenvalue weighted by Crippen LogP contribution is 2.31. The molecule has 3 rings (SSSR count). The van der Waals surface area contributed by atoms with Gasteiger partial charge in [-0.2, -0.15) is 0 Å². The Morgan fingerprint density at radius 1 is 1.29 bits per heavy atom. The lowest BCUT2D eigenvalue weighted by atomic mass is 10.1. The summed E-state index contributed by atoms with van der Waals surface area (Å²) in [5.74, 6) is 0.948. The third kappa shape index (κ3) is 2.45. The van der Waals surface area contributed by atoms with Crippen LogP contribution in [0.25, 0.3) is 17.0 Å². The summed E-state index contributed by atoms with van der Waals surface area (Å²) >= 11 is 0. The number of fused-ring (bicyclic) bond motifs is 1. The number of benzene rings is 1. The molecule has 108 valence electrons. The van der Waals surface area contributed by atoms with E-state index in [0.717, 1.165) is 6.26 Å². The molecule has 0 radical (unpaired) electrons. The molecule has 2 aromatic heterocycles. The van der Waals surface area contributed by atoms with Gasteiger partial charge in [0.1, 0.15) is 18.4 Å². The molecule has 0 fully saturated rings. The zero-order valence-electron chi connectivity index (χ0n) is 11.4. The molecule has 7 nitrogen and oxygen atoms in total. The van der Waals surface area contributed by atoms with E-state index in [4.69, 9.17) is 4.74 Å². The van der Waals surface area contributed by atoms with Crippen LogP contribution in [-0.4, -0.2) is 41.1 Å². The molecule has 0 atom stereocenters. The average molecular weight is 304 g/mol. The van der Waals surface area contributed by atoms with Crippen LogP contribution in [0.2, 0.25) is 0 Å². The molecule has 0 saturated heterocycles. The number of nitrogens with zero attached hydrogens (tertiary/aromatic N) is 4. The number of imidazole rings is 1. The van der Waals surface area contributed by atoms with Gasteiger partial charge in [0.15, 0.2) is 9.84 Å². The number of ether oxygens (including phenoxy) is 1. The zero-order chi connectivity index (χ0) is 15.0. The summed E-state index contributed by atoms with van der Waals surface area (Å²) < 4.78 is 30.2. The van der Waals surface area contributed by atoms with Crippen LogP contribution in [0.3, 0.4) is 0 Å². The molecule has 0 spiro atoms. The highest BCUT2D eigenvalue weighted by molar-refractivity contribution is 7.90. The van der Waals surface area contributed by atoms with E-state index < -0.39 is 9.84 Å². The molecule has 0 N–H and O–H groups in total. The molecule has 0 amide bonds. The SMILES string of the molecule is COc1cc(S(C)(=O)=O)ccc1-c1cn2cncnc2n1. The first-order chi connectivity index (χ1) is 9.99. The van der Waals surface area contributed by atoms with Gasteiger partial charge in [-0.1, -0.05) is 0 Å². The summed E-state index contributed by atoms with van der Waals surface area (Å²) in [6.45, 7) is 0. The monoisotopic (exact) mass is 304 g/mol. The Labute approximate surface area is 121 Å². The van der Waals surface area contributed by atoms with Gasteiger partial charge in [0.05, 0.1) is 17.7 Å². The molecule has 0 unspecified atom stereocenters. The topological polar surface area (TPSA) is 86.5 Å². The second-order valence-electron chi connectivity index (χ2n) is 4.48. The van der Waals surface area contributed by atoms with Crippen LogP contribution < -0.4 is 4.74 Å². The minimum absolute atomic E-state index is 0.201. The van der Waals surface area contributed by atoms with Gasteiger partial charge in [0, 0.05) is 18.0 Å². The summed E-state index contributed by atoms with van der Waals surface area (Å²) in [4.78, 5) is 12.5. The molecule has 0 saturated carbocycles. The number of rotatable bonds is 3. The highest BCUT2D eigenvalue weighted by atomic mass is 32.2. The van der Waals surface area contributed by atoms with Crippen LogP contribution in [0.5, 0.6) is 5.75 Å². The molecular formula is C13H12N4O3S. The number of hydrogen-bond acceptors (Lipinski definition) is 6. The maximum atomic E-state index is 11.6. The Morgan fingerprint density at radius 3 is 2.76 bits per heavy atom. The first-order valence-electron chi connectivity index (χ1n) is 6.02. The maximum absolute atomic E-state index is 11.6. The van der Waals surface area contributed by atoms with Gasteiger partial charge in [-0.05, 0) is 18.2 Å². The summed E-state index contributed by atoms with van der Waals surface area (Å²) in [5.41, 5.74) is 1.32. The molecule has 0 aliphatic heterocycles. The molecule has 2 heterocycles. The predicted octanol–water partition coefficient (Wildman–Crippen LogP) is 1.20. The highest BCUT2D eigenvalue weighted by Gasteiger charge is 2.15. The molecule has 0 bridgehead atoms. The van der Waals surface area contributed by atoms with Crippen LogP contribution in [0.1, 0.15) is 0 Å². The quantitative estimate of drug-likeness (QED) is 0.722. The Morgan fingerprint density at radius 2 is 2.10 bits per heavy atom. The van der Waals surface area contributed by atoms with Gasteiger partial charge in [-0.3, -0.25) is 4.40 Å². The molecule has 0 aliphatic rings. The lowest BCUT2D eigenvalue weighted by Gasteiger charge is -2.08. The molecular weight excluding hydrogens is 292 g/mol. The fraction of sp³-hybridized carbons (Fsp3) is 0.154. The Hall–Kier alpha value is -2.48. The molecule has 8 heteroatoms. The van der Waals surface area contributed by atoms with E-state index in [1.165, 1.54) is 25.6 Å². The van der Waals surface area contributed by atoms with Crippen molar-refractivity contribution in [1.82, 2.24) is 19.4 Å². The summed E-state index contributed by atoms with van der Waals surface area (Å²) in [5, 5.41) is 0. The average Bonchev–Trinajstić information content (AvgIpc) is 2.89. The minimum atomic E-state index is -3.29. The second kappa shape index (κ2) is 4.81. The minimum Gasteiger partial charge on any atom is -0.496 e. The van der Waals surface area contributed by atoms with E-state index >= 15 is 0 Å². The van der Waals surface area contributed by atoms with E-state index in [9.17, 15) is 8.42 Å². The van der Waals surface area contributed by atoms with Crippen molar-refractivity contribution in [1.29, 1.82) is 0 Å². The van der Waals surface area contributed by atoms with E-state index in [1.54, 1.807) is 23.0 Å². The molecule has 21 heavy (non-hydrogen) atoms. The first kappa shape index (κ1) is 13.5. The van der Waals surface area contributed by atoms with Crippen molar-refractivity contribution in [2.45, 2.75) is 4.90 Å².